The molecule has 1 amide bonds. The summed E-state index contributed by atoms with van der Waals surface area (Å²) in [5.74, 6) is -0.148. The fourth-order valence-corrected chi connectivity index (χ4v) is 5.47. The van der Waals surface area contributed by atoms with E-state index < -0.39 is 22.5 Å². The minimum atomic E-state index is -3.94. The molecule has 10 heteroatoms. The number of nitrogens with one attached hydrogen (secondary N) is 1. The molecule has 0 saturated heterocycles. The highest BCUT2D eigenvalue weighted by atomic mass is 79.9. The summed E-state index contributed by atoms with van der Waals surface area (Å²) in [6.45, 7) is 3.45. The first-order chi connectivity index (χ1) is 17.3. The molecular formula is C26H25BrN4O4S. The van der Waals surface area contributed by atoms with Gasteiger partial charge in [0.05, 0.1) is 30.5 Å². The lowest BCUT2D eigenvalue weighted by Crippen LogP contribution is -2.39. The molecule has 0 aliphatic rings. The number of furan rings is 1. The van der Waals surface area contributed by atoms with Crippen LogP contribution >= 0.6 is 15.9 Å². The Morgan fingerprint density at radius 1 is 1.08 bits per heavy atom. The van der Waals surface area contributed by atoms with Crippen molar-refractivity contribution in [3.05, 3.63) is 106 Å². The van der Waals surface area contributed by atoms with Crippen LogP contribution in [0, 0.1) is 13.8 Å². The van der Waals surface area contributed by atoms with Gasteiger partial charge in [0.1, 0.15) is 5.76 Å². The van der Waals surface area contributed by atoms with Gasteiger partial charge >= 0.3 is 0 Å². The molecule has 4 rings (SSSR count). The van der Waals surface area contributed by atoms with Crippen LogP contribution in [0.4, 0.5) is 0 Å². The highest BCUT2D eigenvalue weighted by Gasteiger charge is 2.27. The summed E-state index contributed by atoms with van der Waals surface area (Å²) < 4.78 is 35.8. The number of amides is 1. The highest BCUT2D eigenvalue weighted by molar-refractivity contribution is 9.10. The molecule has 186 valence electrons. The van der Waals surface area contributed by atoms with Crippen LogP contribution in [0.2, 0.25) is 0 Å². The van der Waals surface area contributed by atoms with Gasteiger partial charge in [-0.3, -0.25) is 4.79 Å². The smallest absolute Gasteiger partial charge is 0.255 e. The Morgan fingerprint density at radius 2 is 1.81 bits per heavy atom. The molecule has 8 nitrogen and oxygen atoms in total. The maximum absolute atomic E-state index is 13.2. The number of hydrogen-bond acceptors (Lipinski definition) is 5. The second-order valence-corrected chi connectivity index (χ2v) is 11.0. The standard InChI is InChI=1S/C26H25BrN4O4S/c1-19-15-21(20(2)31(19)23-12-10-22(27)11-13-23)16-28-29-26(32)18-30(17-24-7-6-14-35-24)36(33,34)25-8-4-3-5-9-25/h3-16H,17-18H2,1-2H3,(H,29,32)/b28-16+. The summed E-state index contributed by atoms with van der Waals surface area (Å²) in [5.41, 5.74) is 6.26. The van der Waals surface area contributed by atoms with Gasteiger partial charge in [-0.15, -0.1) is 0 Å². The Morgan fingerprint density at radius 3 is 2.47 bits per heavy atom. The zero-order chi connectivity index (χ0) is 25.7. The van der Waals surface area contributed by atoms with Crippen LogP contribution in [0.5, 0.6) is 0 Å². The molecule has 0 saturated carbocycles. The van der Waals surface area contributed by atoms with E-state index in [2.05, 4.69) is 31.0 Å². The molecular weight excluding hydrogens is 544 g/mol. The summed E-state index contributed by atoms with van der Waals surface area (Å²) in [6.07, 6.45) is 3.01. The van der Waals surface area contributed by atoms with E-state index in [4.69, 9.17) is 4.42 Å². The van der Waals surface area contributed by atoms with Crippen molar-refractivity contribution < 1.29 is 17.6 Å². The Labute approximate surface area is 218 Å². The third-order valence-corrected chi connectivity index (χ3v) is 7.90. The van der Waals surface area contributed by atoms with Gasteiger partial charge in [-0.1, -0.05) is 34.1 Å². The number of sulfonamides is 1. The van der Waals surface area contributed by atoms with Crippen LogP contribution < -0.4 is 5.43 Å². The number of benzene rings is 2. The number of aryl methyl sites for hydroxylation is 1. The Bertz CT molecular complexity index is 1460. The van der Waals surface area contributed by atoms with Crippen molar-refractivity contribution in [2.75, 3.05) is 6.54 Å². The van der Waals surface area contributed by atoms with E-state index in [-0.39, 0.29) is 11.4 Å². The van der Waals surface area contributed by atoms with Gasteiger partial charge in [0.25, 0.3) is 5.91 Å². The topological polar surface area (TPSA) is 96.9 Å². The maximum atomic E-state index is 13.2. The van der Waals surface area contributed by atoms with Gasteiger partial charge in [0.15, 0.2) is 0 Å². The molecule has 0 spiro atoms. The normalized spacial score (nSPS) is 11.9. The van der Waals surface area contributed by atoms with Crippen LogP contribution in [0.1, 0.15) is 22.7 Å². The van der Waals surface area contributed by atoms with Crippen molar-refractivity contribution in [2.45, 2.75) is 25.3 Å². The second kappa shape index (κ2) is 11.1. The lowest BCUT2D eigenvalue weighted by molar-refractivity contribution is -0.121. The number of rotatable bonds is 9. The monoisotopic (exact) mass is 568 g/mol. The third-order valence-electron chi connectivity index (χ3n) is 5.56. The number of aromatic nitrogens is 1. The molecule has 36 heavy (non-hydrogen) atoms. The first kappa shape index (κ1) is 25.6. The minimum absolute atomic E-state index is 0.0876. The Balaban J connectivity index is 1.49. The fraction of sp³-hybridized carbons (Fsp3) is 0.154. The van der Waals surface area contributed by atoms with Crippen molar-refractivity contribution in [1.29, 1.82) is 0 Å². The lowest BCUT2D eigenvalue weighted by Gasteiger charge is -2.20. The number of nitrogens with zero attached hydrogens (tertiary/aromatic N) is 3. The van der Waals surface area contributed by atoms with Gasteiger partial charge in [-0.05, 0) is 68.4 Å². The first-order valence-corrected chi connectivity index (χ1v) is 13.3. The quantitative estimate of drug-likeness (QED) is 0.232. The zero-order valence-electron chi connectivity index (χ0n) is 19.8. The van der Waals surface area contributed by atoms with Crippen LogP contribution in [-0.2, 0) is 21.4 Å². The summed E-state index contributed by atoms with van der Waals surface area (Å²) in [6, 6.07) is 21.2. The van der Waals surface area contributed by atoms with E-state index in [0.717, 1.165) is 31.4 Å². The average Bonchev–Trinajstić information content (AvgIpc) is 3.47. The lowest BCUT2D eigenvalue weighted by atomic mass is 10.2. The van der Waals surface area contributed by atoms with Crippen molar-refractivity contribution >= 4 is 38.1 Å². The molecule has 0 atom stereocenters. The first-order valence-electron chi connectivity index (χ1n) is 11.1. The minimum Gasteiger partial charge on any atom is -0.468 e. The molecule has 0 bridgehead atoms. The fourth-order valence-electron chi connectivity index (χ4n) is 3.82. The molecule has 0 aliphatic carbocycles. The van der Waals surface area contributed by atoms with Crippen molar-refractivity contribution in [2.24, 2.45) is 5.10 Å². The number of hydrogen-bond donors (Lipinski definition) is 1. The summed E-state index contributed by atoms with van der Waals surface area (Å²) in [4.78, 5) is 12.8. The summed E-state index contributed by atoms with van der Waals surface area (Å²) in [7, 11) is -3.94. The largest absolute Gasteiger partial charge is 0.468 e. The van der Waals surface area contributed by atoms with E-state index in [1.165, 1.54) is 18.4 Å². The van der Waals surface area contributed by atoms with Crippen molar-refractivity contribution in [3.63, 3.8) is 0 Å². The van der Waals surface area contributed by atoms with Crippen LogP contribution in [-0.4, -0.2) is 36.0 Å². The Hall–Kier alpha value is -3.47. The van der Waals surface area contributed by atoms with Gasteiger partial charge in [-0.25, -0.2) is 13.8 Å². The molecule has 1 N–H and O–H groups in total. The summed E-state index contributed by atoms with van der Waals surface area (Å²) in [5, 5.41) is 4.08. The van der Waals surface area contributed by atoms with E-state index >= 15 is 0 Å². The molecule has 2 aromatic carbocycles. The SMILES string of the molecule is Cc1cc(/C=N/NC(=O)CN(Cc2ccco2)S(=O)(=O)c2ccccc2)c(C)n1-c1ccc(Br)cc1. The molecule has 4 aromatic rings. The van der Waals surface area contributed by atoms with Gasteiger partial charge in [-0.2, -0.15) is 9.41 Å². The predicted octanol–water partition coefficient (Wildman–Crippen LogP) is 4.79. The van der Waals surface area contributed by atoms with Crippen molar-refractivity contribution in [3.8, 4) is 5.69 Å². The molecule has 0 fully saturated rings. The molecule has 0 unspecified atom stereocenters. The van der Waals surface area contributed by atoms with Crippen LogP contribution in [0.15, 0.2) is 97.9 Å². The highest BCUT2D eigenvalue weighted by Crippen LogP contribution is 2.22. The van der Waals surface area contributed by atoms with E-state index in [0.29, 0.717) is 5.76 Å². The molecule has 2 heterocycles. The number of hydrazone groups is 1. The van der Waals surface area contributed by atoms with E-state index in [1.54, 1.807) is 36.5 Å². The van der Waals surface area contributed by atoms with Crippen LogP contribution in [0.25, 0.3) is 5.69 Å². The summed E-state index contributed by atoms with van der Waals surface area (Å²) >= 11 is 3.45. The predicted molar refractivity (Wildman–Crippen MR) is 141 cm³/mol. The van der Waals surface area contributed by atoms with Gasteiger partial charge < -0.3 is 8.98 Å². The van der Waals surface area contributed by atoms with Crippen LogP contribution in [0.3, 0.4) is 0 Å². The van der Waals surface area contributed by atoms with Crippen molar-refractivity contribution in [1.82, 2.24) is 14.3 Å². The zero-order valence-corrected chi connectivity index (χ0v) is 22.2. The Kier molecular flexibility index (Phi) is 7.88. The average molecular weight is 569 g/mol. The molecule has 0 aliphatic heterocycles. The maximum Gasteiger partial charge on any atom is 0.255 e. The number of carbonyl (C=O) groups is 1. The van der Waals surface area contributed by atoms with Gasteiger partial charge in [0, 0.05) is 27.1 Å². The molecule has 0 radical (unpaired) electrons. The van der Waals surface area contributed by atoms with E-state index in [1.807, 2.05) is 44.2 Å². The second-order valence-electron chi connectivity index (χ2n) is 8.10. The van der Waals surface area contributed by atoms with E-state index in [9.17, 15) is 13.2 Å². The third kappa shape index (κ3) is 5.84. The number of halogens is 1. The molecule has 2 aromatic heterocycles. The van der Waals surface area contributed by atoms with Gasteiger partial charge in [0.2, 0.25) is 10.0 Å². The number of carbonyl (C=O) groups excluding carboxylic acids is 1.